The Morgan fingerprint density at radius 1 is 1.32 bits per heavy atom. The van der Waals surface area contributed by atoms with E-state index in [-0.39, 0.29) is 12.0 Å². The third-order valence-electron chi connectivity index (χ3n) is 3.86. The van der Waals surface area contributed by atoms with Gasteiger partial charge in [0.05, 0.1) is 12.6 Å². The first-order valence-corrected chi connectivity index (χ1v) is 8.08. The molecule has 0 saturated carbocycles. The molecule has 1 atom stereocenters. The minimum atomic E-state index is 0.0109. The molecule has 1 saturated heterocycles. The summed E-state index contributed by atoms with van der Waals surface area (Å²) in [6, 6.07) is 7.49. The zero-order chi connectivity index (χ0) is 15.8. The maximum Gasteiger partial charge on any atom is 0.238 e. The first kappa shape index (κ1) is 16.8. The summed E-state index contributed by atoms with van der Waals surface area (Å²) in [5, 5.41) is 2.90. The average Bonchev–Trinajstić information content (AvgIpc) is 3.05. The zero-order valence-electron chi connectivity index (χ0n) is 13.5. The van der Waals surface area contributed by atoms with E-state index >= 15 is 0 Å². The van der Waals surface area contributed by atoms with Crippen LogP contribution in [0.4, 0.5) is 5.69 Å². The van der Waals surface area contributed by atoms with Crippen molar-refractivity contribution in [2.45, 2.75) is 32.8 Å². The van der Waals surface area contributed by atoms with E-state index in [0.29, 0.717) is 13.2 Å². The fourth-order valence-electron chi connectivity index (χ4n) is 2.45. The molecule has 0 aliphatic carbocycles. The van der Waals surface area contributed by atoms with Gasteiger partial charge < -0.3 is 14.8 Å². The second-order valence-electron chi connectivity index (χ2n) is 5.48. The van der Waals surface area contributed by atoms with Crippen LogP contribution >= 0.6 is 0 Å². The van der Waals surface area contributed by atoms with E-state index in [1.165, 1.54) is 0 Å². The number of nitrogens with one attached hydrogen (secondary N) is 1. The van der Waals surface area contributed by atoms with E-state index in [2.05, 4.69) is 24.1 Å². The number of carbonyl (C=O) groups is 1. The Labute approximate surface area is 132 Å². The number of benzene rings is 1. The van der Waals surface area contributed by atoms with E-state index in [1.54, 1.807) is 0 Å². The van der Waals surface area contributed by atoms with Crippen LogP contribution in [0.5, 0.6) is 5.75 Å². The molecule has 1 aliphatic rings. The second kappa shape index (κ2) is 8.76. The highest BCUT2D eigenvalue weighted by Gasteiger charge is 2.15. The summed E-state index contributed by atoms with van der Waals surface area (Å²) in [7, 11) is 0. The number of likely N-dealkylation sites (N-methyl/N-ethyl adjacent to an activating group) is 1. The summed E-state index contributed by atoms with van der Waals surface area (Å²) in [6.45, 7) is 7.71. The smallest absolute Gasteiger partial charge is 0.238 e. The predicted octanol–water partition coefficient (Wildman–Crippen LogP) is 2.52. The Kier molecular flexibility index (Phi) is 6.68. The molecule has 0 bridgehead atoms. The van der Waals surface area contributed by atoms with Crippen molar-refractivity contribution in [2.75, 3.05) is 38.2 Å². The van der Waals surface area contributed by atoms with Crippen LogP contribution in [-0.2, 0) is 9.53 Å². The molecule has 1 amide bonds. The fraction of sp³-hybridized carbons (Fsp3) is 0.588. The van der Waals surface area contributed by atoms with E-state index in [1.807, 2.05) is 24.3 Å². The van der Waals surface area contributed by atoms with E-state index < -0.39 is 0 Å². The van der Waals surface area contributed by atoms with Crippen LogP contribution in [0.15, 0.2) is 24.3 Å². The number of rotatable bonds is 8. The minimum Gasteiger partial charge on any atom is -0.491 e. The molecule has 1 aliphatic heterocycles. The van der Waals surface area contributed by atoms with Crippen LogP contribution in [0.25, 0.3) is 0 Å². The average molecular weight is 306 g/mol. The molecule has 22 heavy (non-hydrogen) atoms. The summed E-state index contributed by atoms with van der Waals surface area (Å²) in [6.07, 6.45) is 2.40. The van der Waals surface area contributed by atoms with Crippen molar-refractivity contribution in [3.8, 4) is 5.75 Å². The molecule has 1 N–H and O–H groups in total. The van der Waals surface area contributed by atoms with Gasteiger partial charge in [-0.3, -0.25) is 9.69 Å². The highest BCUT2D eigenvalue weighted by Crippen LogP contribution is 2.18. The molecule has 2 rings (SSSR count). The summed E-state index contributed by atoms with van der Waals surface area (Å²) in [4.78, 5) is 14.0. The van der Waals surface area contributed by atoms with Gasteiger partial charge >= 0.3 is 0 Å². The molecule has 1 heterocycles. The molecule has 1 aromatic rings. The lowest BCUT2D eigenvalue weighted by Crippen LogP contribution is -2.32. The summed E-state index contributed by atoms with van der Waals surface area (Å²) in [5.41, 5.74) is 0.793. The van der Waals surface area contributed by atoms with Crippen LogP contribution in [-0.4, -0.2) is 49.8 Å². The maximum absolute atomic E-state index is 11.9. The Morgan fingerprint density at radius 3 is 2.64 bits per heavy atom. The van der Waals surface area contributed by atoms with Crippen LogP contribution in [0, 0.1) is 0 Å². The van der Waals surface area contributed by atoms with Gasteiger partial charge in [-0.1, -0.05) is 13.8 Å². The van der Waals surface area contributed by atoms with E-state index in [4.69, 9.17) is 9.47 Å². The van der Waals surface area contributed by atoms with Gasteiger partial charge in [0.1, 0.15) is 12.4 Å². The fourth-order valence-corrected chi connectivity index (χ4v) is 2.45. The molecule has 5 heteroatoms. The lowest BCUT2D eigenvalue weighted by atomic mass is 10.2. The normalized spacial score (nSPS) is 17.7. The topological polar surface area (TPSA) is 50.8 Å². The Hall–Kier alpha value is -1.59. The van der Waals surface area contributed by atoms with Crippen molar-refractivity contribution in [3.05, 3.63) is 24.3 Å². The number of hydrogen-bond acceptors (Lipinski definition) is 4. The van der Waals surface area contributed by atoms with E-state index in [9.17, 15) is 4.79 Å². The number of ether oxygens (including phenoxy) is 2. The number of anilines is 1. The summed E-state index contributed by atoms with van der Waals surface area (Å²) >= 11 is 0. The lowest BCUT2D eigenvalue weighted by Gasteiger charge is -2.17. The molecule has 0 spiro atoms. The third-order valence-corrected chi connectivity index (χ3v) is 3.86. The molecular formula is C17H26N2O3. The third kappa shape index (κ3) is 5.31. The van der Waals surface area contributed by atoms with Gasteiger partial charge in [0.15, 0.2) is 0 Å². The highest BCUT2D eigenvalue weighted by atomic mass is 16.5. The Morgan fingerprint density at radius 2 is 2.05 bits per heavy atom. The highest BCUT2D eigenvalue weighted by molar-refractivity contribution is 5.92. The Balaban J connectivity index is 1.77. The quantitative estimate of drug-likeness (QED) is 0.802. The van der Waals surface area contributed by atoms with Crippen LogP contribution in [0.1, 0.15) is 26.7 Å². The number of nitrogens with zero attached hydrogens (tertiary/aromatic N) is 1. The Bertz CT molecular complexity index is 451. The first-order chi connectivity index (χ1) is 10.7. The largest absolute Gasteiger partial charge is 0.491 e. The van der Waals surface area contributed by atoms with Crippen molar-refractivity contribution in [3.63, 3.8) is 0 Å². The van der Waals surface area contributed by atoms with Crippen molar-refractivity contribution in [2.24, 2.45) is 0 Å². The van der Waals surface area contributed by atoms with Crippen LogP contribution in [0.2, 0.25) is 0 Å². The van der Waals surface area contributed by atoms with Crippen molar-refractivity contribution >= 4 is 11.6 Å². The second-order valence-corrected chi connectivity index (χ2v) is 5.48. The molecular weight excluding hydrogens is 280 g/mol. The molecule has 5 nitrogen and oxygen atoms in total. The van der Waals surface area contributed by atoms with Gasteiger partial charge in [-0.05, 0) is 50.2 Å². The van der Waals surface area contributed by atoms with Crippen LogP contribution in [0.3, 0.4) is 0 Å². The first-order valence-electron chi connectivity index (χ1n) is 8.08. The van der Waals surface area contributed by atoms with Gasteiger partial charge in [-0.25, -0.2) is 0 Å². The van der Waals surface area contributed by atoms with Gasteiger partial charge in [-0.15, -0.1) is 0 Å². The monoisotopic (exact) mass is 306 g/mol. The number of amides is 1. The molecule has 1 fully saturated rings. The SMILES string of the molecule is CCN(CC)CC(=O)Nc1ccc(OCC2CCCO2)cc1. The summed E-state index contributed by atoms with van der Waals surface area (Å²) in [5.74, 6) is 0.814. The van der Waals surface area contributed by atoms with Gasteiger partial charge in [0.25, 0.3) is 0 Å². The van der Waals surface area contributed by atoms with Crippen molar-refractivity contribution in [1.29, 1.82) is 0 Å². The molecule has 1 aromatic carbocycles. The minimum absolute atomic E-state index is 0.0109. The van der Waals surface area contributed by atoms with Gasteiger partial charge in [0, 0.05) is 12.3 Å². The van der Waals surface area contributed by atoms with Crippen molar-refractivity contribution in [1.82, 2.24) is 4.90 Å². The van der Waals surface area contributed by atoms with E-state index in [0.717, 1.165) is 44.0 Å². The van der Waals surface area contributed by atoms with Crippen LogP contribution < -0.4 is 10.1 Å². The van der Waals surface area contributed by atoms with Gasteiger partial charge in [0.2, 0.25) is 5.91 Å². The zero-order valence-corrected chi connectivity index (χ0v) is 13.5. The number of hydrogen-bond donors (Lipinski definition) is 1. The standard InChI is InChI=1S/C17H26N2O3/c1-3-19(4-2)12-17(20)18-14-7-9-15(10-8-14)22-13-16-6-5-11-21-16/h7-10,16H,3-6,11-13H2,1-2H3,(H,18,20). The van der Waals surface area contributed by atoms with Crippen molar-refractivity contribution < 1.29 is 14.3 Å². The maximum atomic E-state index is 11.9. The molecule has 0 aromatic heterocycles. The molecule has 0 radical (unpaired) electrons. The molecule has 122 valence electrons. The predicted molar refractivity (Wildman–Crippen MR) is 87.3 cm³/mol. The number of carbonyl (C=O) groups excluding carboxylic acids is 1. The van der Waals surface area contributed by atoms with Gasteiger partial charge in [-0.2, -0.15) is 0 Å². The lowest BCUT2D eigenvalue weighted by molar-refractivity contribution is -0.117. The molecule has 1 unspecified atom stereocenters. The summed E-state index contributed by atoms with van der Waals surface area (Å²) < 4.78 is 11.2.